The fourth-order valence-electron chi connectivity index (χ4n) is 1.98. The zero-order valence-electron chi connectivity index (χ0n) is 15.6. The Balaban J connectivity index is 2.29. The molecule has 1 N–H and O–H groups in total. The lowest BCUT2D eigenvalue weighted by molar-refractivity contribution is -0.149. The molecule has 0 unspecified atom stereocenters. The molecule has 0 saturated carbocycles. The summed E-state index contributed by atoms with van der Waals surface area (Å²) in [5.41, 5.74) is 0.973. The maximum absolute atomic E-state index is 11.6. The van der Waals surface area contributed by atoms with Gasteiger partial charge in [-0.05, 0) is 43.9 Å². The molecule has 0 saturated heterocycles. The van der Waals surface area contributed by atoms with Crippen LogP contribution in [0.3, 0.4) is 0 Å². The minimum atomic E-state index is -0.453. The molecule has 0 heterocycles. The average Bonchev–Trinajstić information content (AvgIpc) is 2.43. The maximum atomic E-state index is 11.6. The van der Waals surface area contributed by atoms with Gasteiger partial charge in [-0.25, -0.2) is 0 Å². The van der Waals surface area contributed by atoms with Crippen LogP contribution in [-0.4, -0.2) is 30.6 Å². The predicted octanol–water partition coefficient (Wildman–Crippen LogP) is 3.21. The van der Waals surface area contributed by atoms with E-state index >= 15 is 0 Å². The summed E-state index contributed by atoms with van der Waals surface area (Å²) in [6.07, 6.45) is 0.101. The van der Waals surface area contributed by atoms with Crippen LogP contribution in [0.5, 0.6) is 5.75 Å². The Morgan fingerprint density at radius 3 is 2.08 bits per heavy atom. The fourth-order valence-corrected chi connectivity index (χ4v) is 1.98. The van der Waals surface area contributed by atoms with E-state index in [2.05, 4.69) is 26.1 Å². The first-order valence-corrected chi connectivity index (χ1v) is 8.17. The molecule has 0 spiro atoms. The average molecular weight is 335 g/mol. The summed E-state index contributed by atoms with van der Waals surface area (Å²) in [6.45, 7) is 12.0. The van der Waals surface area contributed by atoms with Gasteiger partial charge in [-0.1, -0.05) is 32.9 Å². The number of ether oxygens (including phenoxy) is 2. The Hall–Kier alpha value is -2.04. The number of esters is 1. The van der Waals surface area contributed by atoms with Crippen molar-refractivity contribution in [2.75, 3.05) is 13.2 Å². The van der Waals surface area contributed by atoms with Crippen LogP contribution in [0.1, 0.15) is 53.5 Å². The third-order valence-electron chi connectivity index (χ3n) is 3.17. The molecule has 134 valence electrons. The highest BCUT2D eigenvalue weighted by Gasteiger charge is 2.15. The van der Waals surface area contributed by atoms with Gasteiger partial charge in [0.15, 0.2) is 6.61 Å². The number of carbonyl (C=O) groups is 2. The molecule has 5 heteroatoms. The van der Waals surface area contributed by atoms with Gasteiger partial charge in [0.1, 0.15) is 5.75 Å². The lowest BCUT2D eigenvalue weighted by Crippen LogP contribution is -2.42. The fraction of sp³-hybridized carbons (Fsp3) is 0.579. The van der Waals surface area contributed by atoms with Crippen molar-refractivity contribution in [1.82, 2.24) is 5.32 Å². The van der Waals surface area contributed by atoms with Crippen LogP contribution < -0.4 is 10.1 Å². The summed E-state index contributed by atoms with van der Waals surface area (Å²) in [5, 5.41) is 2.73. The molecule has 0 aliphatic rings. The summed E-state index contributed by atoms with van der Waals surface area (Å²) in [4.78, 5) is 23.2. The lowest BCUT2D eigenvalue weighted by atomic mass is 9.87. The Morgan fingerprint density at radius 2 is 1.58 bits per heavy atom. The van der Waals surface area contributed by atoms with E-state index in [1.165, 1.54) is 5.56 Å². The van der Waals surface area contributed by atoms with Crippen molar-refractivity contribution in [3.05, 3.63) is 29.8 Å². The predicted molar refractivity (Wildman–Crippen MR) is 94.1 cm³/mol. The highest BCUT2D eigenvalue weighted by atomic mass is 16.5. The van der Waals surface area contributed by atoms with E-state index in [-0.39, 0.29) is 36.5 Å². The highest BCUT2D eigenvalue weighted by molar-refractivity contribution is 5.81. The van der Waals surface area contributed by atoms with Gasteiger partial charge in [0.05, 0.1) is 13.0 Å². The third kappa shape index (κ3) is 7.99. The monoisotopic (exact) mass is 335 g/mol. The zero-order chi connectivity index (χ0) is 18.4. The molecular formula is C19H29NO4. The quantitative estimate of drug-likeness (QED) is 0.811. The summed E-state index contributed by atoms with van der Waals surface area (Å²) < 4.78 is 10.5. The van der Waals surface area contributed by atoms with Gasteiger partial charge in [0.2, 0.25) is 0 Å². The van der Waals surface area contributed by atoms with Gasteiger partial charge in [-0.2, -0.15) is 0 Å². The second-order valence-electron chi connectivity index (χ2n) is 7.83. The normalized spacial score (nSPS) is 11.8. The molecule has 0 aliphatic heterocycles. The van der Waals surface area contributed by atoms with Crippen LogP contribution in [0.2, 0.25) is 0 Å². The smallest absolute Gasteiger partial charge is 0.309 e. The molecule has 5 nitrogen and oxygen atoms in total. The van der Waals surface area contributed by atoms with E-state index < -0.39 is 5.97 Å². The van der Waals surface area contributed by atoms with Gasteiger partial charge in [-0.3, -0.25) is 9.59 Å². The van der Waals surface area contributed by atoms with Crippen molar-refractivity contribution in [3.63, 3.8) is 0 Å². The minimum absolute atomic E-state index is 0.0932. The molecule has 1 amide bonds. The van der Waals surface area contributed by atoms with E-state index in [4.69, 9.17) is 9.47 Å². The number of benzene rings is 1. The van der Waals surface area contributed by atoms with E-state index in [9.17, 15) is 9.59 Å². The van der Waals surface area contributed by atoms with Gasteiger partial charge in [0.25, 0.3) is 5.91 Å². The van der Waals surface area contributed by atoms with Crippen molar-refractivity contribution >= 4 is 11.9 Å². The number of nitrogens with one attached hydrogen (secondary N) is 1. The maximum Gasteiger partial charge on any atom is 0.309 e. The first kappa shape index (κ1) is 20.0. The van der Waals surface area contributed by atoms with Crippen LogP contribution in [0.15, 0.2) is 24.3 Å². The molecule has 0 aliphatic carbocycles. The molecular weight excluding hydrogens is 306 g/mol. The van der Waals surface area contributed by atoms with Crippen LogP contribution in [0, 0.1) is 0 Å². The Morgan fingerprint density at radius 1 is 1.00 bits per heavy atom. The first-order valence-electron chi connectivity index (χ1n) is 8.17. The number of rotatable bonds is 6. The molecule has 0 fully saturated rings. The summed E-state index contributed by atoms with van der Waals surface area (Å²) in [6, 6.07) is 7.82. The molecule has 0 atom stereocenters. The van der Waals surface area contributed by atoms with Crippen molar-refractivity contribution < 1.29 is 19.1 Å². The standard InChI is InChI=1S/C19H29NO4/c1-18(2,3)14-7-9-15(10-8-14)23-12-11-17(22)24-13-16(21)20-19(4,5)6/h7-10H,11-13H2,1-6H3,(H,20,21). The lowest BCUT2D eigenvalue weighted by Gasteiger charge is -2.20. The van der Waals surface area contributed by atoms with Crippen molar-refractivity contribution in [2.45, 2.75) is 58.9 Å². The topological polar surface area (TPSA) is 64.6 Å². The molecule has 0 radical (unpaired) electrons. The SMILES string of the molecule is CC(C)(C)NC(=O)COC(=O)CCOc1ccc(C(C)(C)C)cc1. The van der Waals surface area contributed by atoms with E-state index in [1.807, 2.05) is 45.0 Å². The first-order chi connectivity index (χ1) is 11.0. The molecule has 1 aromatic rings. The van der Waals surface area contributed by atoms with E-state index in [0.29, 0.717) is 5.75 Å². The Kier molecular flexibility index (Phi) is 6.81. The summed E-state index contributed by atoms with van der Waals surface area (Å²) >= 11 is 0. The Labute approximate surface area is 144 Å². The van der Waals surface area contributed by atoms with Crippen molar-refractivity contribution in [2.24, 2.45) is 0 Å². The van der Waals surface area contributed by atoms with Crippen LogP contribution in [0.4, 0.5) is 0 Å². The summed E-state index contributed by atoms with van der Waals surface area (Å²) in [5.74, 6) is -0.0545. The number of carbonyl (C=O) groups excluding carboxylic acids is 2. The van der Waals surface area contributed by atoms with Crippen LogP contribution in [-0.2, 0) is 19.7 Å². The molecule has 1 rings (SSSR count). The number of amides is 1. The van der Waals surface area contributed by atoms with E-state index in [0.717, 1.165) is 0 Å². The van der Waals surface area contributed by atoms with Gasteiger partial charge in [0, 0.05) is 5.54 Å². The van der Waals surface area contributed by atoms with Crippen molar-refractivity contribution in [1.29, 1.82) is 0 Å². The van der Waals surface area contributed by atoms with Gasteiger partial charge < -0.3 is 14.8 Å². The minimum Gasteiger partial charge on any atom is -0.493 e. The molecule has 0 aromatic heterocycles. The van der Waals surface area contributed by atoms with Gasteiger partial charge in [-0.15, -0.1) is 0 Å². The van der Waals surface area contributed by atoms with Gasteiger partial charge >= 0.3 is 5.97 Å². The van der Waals surface area contributed by atoms with Crippen LogP contribution in [0.25, 0.3) is 0 Å². The number of hydrogen-bond acceptors (Lipinski definition) is 4. The third-order valence-corrected chi connectivity index (χ3v) is 3.17. The molecule has 1 aromatic carbocycles. The Bertz CT molecular complexity index is 550. The molecule has 0 bridgehead atoms. The van der Waals surface area contributed by atoms with Crippen molar-refractivity contribution in [3.8, 4) is 5.75 Å². The second kappa shape index (κ2) is 8.18. The number of hydrogen-bond donors (Lipinski definition) is 1. The second-order valence-corrected chi connectivity index (χ2v) is 7.83. The summed E-state index contributed by atoms with van der Waals surface area (Å²) in [7, 11) is 0. The zero-order valence-corrected chi connectivity index (χ0v) is 15.6. The largest absolute Gasteiger partial charge is 0.493 e. The van der Waals surface area contributed by atoms with E-state index in [1.54, 1.807) is 0 Å². The molecule has 24 heavy (non-hydrogen) atoms. The highest BCUT2D eigenvalue weighted by Crippen LogP contribution is 2.24. The van der Waals surface area contributed by atoms with Crippen LogP contribution >= 0.6 is 0 Å².